The first-order chi connectivity index (χ1) is 30.2. The van der Waals surface area contributed by atoms with E-state index in [0.717, 1.165) is 65.7 Å². The van der Waals surface area contributed by atoms with Crippen LogP contribution in [0, 0.1) is 0 Å². The molecular formula is C54H34N6S. The van der Waals surface area contributed by atoms with Crippen molar-refractivity contribution in [2.24, 2.45) is 0 Å². The van der Waals surface area contributed by atoms with Crippen LogP contribution in [0.3, 0.4) is 0 Å². The van der Waals surface area contributed by atoms with Gasteiger partial charge in [0.25, 0.3) is 0 Å². The Morgan fingerprint density at radius 2 is 0.672 bits per heavy atom. The zero-order valence-electron chi connectivity index (χ0n) is 32.7. The maximum Gasteiger partial charge on any atom is 0.166 e. The molecule has 0 spiro atoms. The first-order valence-electron chi connectivity index (χ1n) is 20.1. The average molecular weight is 799 g/mol. The summed E-state index contributed by atoms with van der Waals surface area (Å²) in [6.07, 6.45) is 0. The molecule has 0 fully saturated rings. The van der Waals surface area contributed by atoms with E-state index in [4.69, 9.17) is 29.9 Å². The SMILES string of the molecule is c1ccc(-c2cccc(-c3nc(-c4ccccc4)nc(-c4c(-c5ccc(-c6nc(-c7ccccc7)nc(-c7ccccc7)n6)cc5)ccc5c4sc4ccccc45)n3)c2)cc1. The Bertz CT molecular complexity index is 3280. The third kappa shape index (κ3) is 7.03. The van der Waals surface area contributed by atoms with E-state index < -0.39 is 0 Å². The van der Waals surface area contributed by atoms with E-state index in [0.29, 0.717) is 34.9 Å². The molecule has 11 rings (SSSR count). The predicted octanol–water partition coefficient (Wildman–Crippen LogP) is 13.8. The maximum atomic E-state index is 5.34. The summed E-state index contributed by atoms with van der Waals surface area (Å²) in [5, 5.41) is 2.37. The molecule has 0 atom stereocenters. The van der Waals surface area contributed by atoms with Crippen LogP contribution < -0.4 is 0 Å². The highest BCUT2D eigenvalue weighted by Crippen LogP contribution is 2.45. The molecule has 11 aromatic rings. The normalized spacial score (nSPS) is 11.3. The molecule has 8 aromatic carbocycles. The monoisotopic (exact) mass is 798 g/mol. The number of benzene rings is 8. The number of aromatic nitrogens is 6. The van der Waals surface area contributed by atoms with Crippen LogP contribution in [0.15, 0.2) is 206 Å². The van der Waals surface area contributed by atoms with E-state index in [1.807, 2.05) is 84.9 Å². The quantitative estimate of drug-likeness (QED) is 0.152. The molecule has 0 amide bonds. The van der Waals surface area contributed by atoms with E-state index >= 15 is 0 Å². The van der Waals surface area contributed by atoms with Crippen molar-refractivity contribution in [3.8, 4) is 90.6 Å². The number of hydrogen-bond donors (Lipinski definition) is 0. The summed E-state index contributed by atoms with van der Waals surface area (Å²) >= 11 is 1.77. The molecule has 0 aliphatic rings. The molecule has 7 heteroatoms. The Morgan fingerprint density at radius 1 is 0.262 bits per heavy atom. The van der Waals surface area contributed by atoms with E-state index in [9.17, 15) is 0 Å². The Kier molecular flexibility index (Phi) is 9.26. The lowest BCUT2D eigenvalue weighted by molar-refractivity contribution is 1.07. The Hall–Kier alpha value is -8.00. The Labute approximate surface area is 356 Å². The van der Waals surface area contributed by atoms with Crippen molar-refractivity contribution in [3.05, 3.63) is 206 Å². The van der Waals surface area contributed by atoms with Crippen LogP contribution in [0.5, 0.6) is 0 Å². The van der Waals surface area contributed by atoms with Crippen LogP contribution in [0.25, 0.3) is 111 Å². The van der Waals surface area contributed by atoms with E-state index in [1.165, 1.54) is 10.1 Å². The van der Waals surface area contributed by atoms with Gasteiger partial charge in [-0.25, -0.2) is 29.9 Å². The molecule has 0 saturated heterocycles. The van der Waals surface area contributed by atoms with E-state index in [2.05, 4.69) is 121 Å². The molecule has 0 radical (unpaired) electrons. The van der Waals surface area contributed by atoms with Crippen molar-refractivity contribution in [2.75, 3.05) is 0 Å². The van der Waals surface area contributed by atoms with Gasteiger partial charge in [-0.15, -0.1) is 11.3 Å². The third-order valence-corrected chi connectivity index (χ3v) is 12.0. The number of fused-ring (bicyclic) bond motifs is 3. The van der Waals surface area contributed by atoms with Crippen LogP contribution in [0.1, 0.15) is 0 Å². The van der Waals surface area contributed by atoms with Gasteiger partial charge in [-0.1, -0.05) is 194 Å². The number of rotatable bonds is 8. The lowest BCUT2D eigenvalue weighted by atomic mass is 9.95. The minimum atomic E-state index is 0.604. The van der Waals surface area contributed by atoms with Crippen LogP contribution in [-0.2, 0) is 0 Å². The molecule has 286 valence electrons. The second-order valence-corrected chi connectivity index (χ2v) is 15.7. The fourth-order valence-corrected chi connectivity index (χ4v) is 9.04. The van der Waals surface area contributed by atoms with Crippen molar-refractivity contribution in [1.29, 1.82) is 0 Å². The van der Waals surface area contributed by atoms with Gasteiger partial charge >= 0.3 is 0 Å². The summed E-state index contributed by atoms with van der Waals surface area (Å²) in [7, 11) is 0. The molecule has 0 saturated carbocycles. The highest BCUT2D eigenvalue weighted by Gasteiger charge is 2.22. The number of thiophene rings is 1. The summed E-state index contributed by atoms with van der Waals surface area (Å²) in [6, 6.07) is 70.6. The van der Waals surface area contributed by atoms with Crippen LogP contribution in [0.2, 0.25) is 0 Å². The molecular weight excluding hydrogens is 765 g/mol. The molecule has 6 nitrogen and oxygen atoms in total. The van der Waals surface area contributed by atoms with Gasteiger partial charge in [-0.3, -0.25) is 0 Å². The molecule has 0 aliphatic carbocycles. The highest BCUT2D eigenvalue weighted by molar-refractivity contribution is 7.26. The summed E-state index contributed by atoms with van der Waals surface area (Å²) in [5.41, 5.74) is 9.81. The van der Waals surface area contributed by atoms with Crippen molar-refractivity contribution in [1.82, 2.24) is 29.9 Å². The largest absolute Gasteiger partial charge is 0.208 e. The summed E-state index contributed by atoms with van der Waals surface area (Å²) in [6.45, 7) is 0. The minimum absolute atomic E-state index is 0.604. The zero-order chi connectivity index (χ0) is 40.5. The number of hydrogen-bond acceptors (Lipinski definition) is 7. The summed E-state index contributed by atoms with van der Waals surface area (Å²) in [5.74, 6) is 3.69. The first kappa shape index (κ1) is 36.1. The van der Waals surface area contributed by atoms with Gasteiger partial charge < -0.3 is 0 Å². The minimum Gasteiger partial charge on any atom is -0.208 e. The van der Waals surface area contributed by atoms with Gasteiger partial charge in [0.05, 0.1) is 0 Å². The van der Waals surface area contributed by atoms with E-state index in [1.54, 1.807) is 11.3 Å². The number of nitrogens with zero attached hydrogens (tertiary/aromatic N) is 6. The highest BCUT2D eigenvalue weighted by atomic mass is 32.1. The smallest absolute Gasteiger partial charge is 0.166 e. The molecule has 0 N–H and O–H groups in total. The van der Waals surface area contributed by atoms with Gasteiger partial charge in [0.15, 0.2) is 34.9 Å². The predicted molar refractivity (Wildman–Crippen MR) is 250 cm³/mol. The topological polar surface area (TPSA) is 77.3 Å². The average Bonchev–Trinajstić information content (AvgIpc) is 3.73. The van der Waals surface area contributed by atoms with Crippen molar-refractivity contribution in [2.45, 2.75) is 0 Å². The van der Waals surface area contributed by atoms with Crippen LogP contribution in [0.4, 0.5) is 0 Å². The second kappa shape index (κ2) is 15.6. The second-order valence-electron chi connectivity index (χ2n) is 14.7. The lowest BCUT2D eigenvalue weighted by Gasteiger charge is -2.14. The fraction of sp³-hybridized carbons (Fsp3) is 0. The van der Waals surface area contributed by atoms with E-state index in [-0.39, 0.29) is 0 Å². The summed E-state index contributed by atoms with van der Waals surface area (Å²) in [4.78, 5) is 30.6. The van der Waals surface area contributed by atoms with Crippen LogP contribution >= 0.6 is 11.3 Å². The lowest BCUT2D eigenvalue weighted by Crippen LogP contribution is -2.01. The van der Waals surface area contributed by atoms with Gasteiger partial charge in [0, 0.05) is 53.6 Å². The van der Waals surface area contributed by atoms with Gasteiger partial charge in [0.2, 0.25) is 0 Å². The third-order valence-electron chi connectivity index (χ3n) is 10.8. The molecule has 3 aromatic heterocycles. The maximum absolute atomic E-state index is 5.34. The summed E-state index contributed by atoms with van der Waals surface area (Å²) < 4.78 is 2.33. The van der Waals surface area contributed by atoms with Crippen molar-refractivity contribution < 1.29 is 0 Å². The molecule has 3 heterocycles. The zero-order valence-corrected chi connectivity index (χ0v) is 33.5. The van der Waals surface area contributed by atoms with Crippen molar-refractivity contribution >= 4 is 31.5 Å². The van der Waals surface area contributed by atoms with Gasteiger partial charge in [-0.05, 0) is 34.4 Å². The first-order valence-corrected chi connectivity index (χ1v) is 20.9. The molecule has 61 heavy (non-hydrogen) atoms. The standard InChI is InChI=1S/C54H34N6S/c1-5-16-35(17-6-1)41-24-15-25-42(34-41)53-58-51(39-22-11-4-12-23-39)59-54(60-53)47-43(32-33-45-44-26-13-14-27-46(44)61-48(45)47)36-28-30-40(31-29-36)52-56-49(37-18-7-2-8-19-37)55-50(57-52)38-20-9-3-10-21-38/h1-34H. The molecule has 0 unspecified atom stereocenters. The Morgan fingerprint density at radius 3 is 1.23 bits per heavy atom. The van der Waals surface area contributed by atoms with Gasteiger partial charge in [-0.2, -0.15) is 0 Å². The molecule has 0 aliphatic heterocycles. The van der Waals surface area contributed by atoms with Gasteiger partial charge in [0.1, 0.15) is 0 Å². The Balaban J connectivity index is 1.09. The fourth-order valence-electron chi connectivity index (χ4n) is 7.79. The van der Waals surface area contributed by atoms with Crippen molar-refractivity contribution in [3.63, 3.8) is 0 Å². The molecule has 0 bridgehead atoms. The van der Waals surface area contributed by atoms with Crippen LogP contribution in [-0.4, -0.2) is 29.9 Å².